The molecule has 0 nitrogen and oxygen atoms in total. The van der Waals surface area contributed by atoms with Gasteiger partial charge in [0.25, 0.3) is 0 Å². The van der Waals surface area contributed by atoms with Crippen LogP contribution in [0.4, 0.5) is 0 Å². The summed E-state index contributed by atoms with van der Waals surface area (Å²) in [5, 5.41) is 0. The largest absolute Gasteiger partial charge is 0.248 e. The lowest BCUT2D eigenvalue weighted by molar-refractivity contribution is 0.911. The fraction of sp³-hybridized carbons (Fsp3) is 0.400. The van der Waals surface area contributed by atoms with Crippen molar-refractivity contribution >= 4 is 28.9 Å². The molecular formula is C10H14Cl2Si. The predicted octanol–water partition coefficient (Wildman–Crippen LogP) is 4.17. The van der Waals surface area contributed by atoms with E-state index in [2.05, 4.69) is 24.3 Å². The van der Waals surface area contributed by atoms with E-state index < -0.39 is 6.69 Å². The van der Waals surface area contributed by atoms with Crippen LogP contribution in [-0.2, 0) is 6.42 Å². The van der Waals surface area contributed by atoms with Gasteiger partial charge in [0.05, 0.1) is 0 Å². The van der Waals surface area contributed by atoms with Gasteiger partial charge in [0.15, 0.2) is 0 Å². The molecule has 0 aliphatic carbocycles. The maximum absolute atomic E-state index is 6.00. The van der Waals surface area contributed by atoms with Crippen LogP contribution in [0.25, 0.3) is 0 Å². The van der Waals surface area contributed by atoms with E-state index in [1.165, 1.54) is 5.56 Å². The van der Waals surface area contributed by atoms with Gasteiger partial charge in [0.1, 0.15) is 0 Å². The SMILES string of the molecule is C[Si](Cl)(Cl)CCCc1ccccc1. The van der Waals surface area contributed by atoms with Gasteiger partial charge in [-0.3, -0.25) is 0 Å². The molecule has 3 heteroatoms. The average Bonchev–Trinajstić information content (AvgIpc) is 2.04. The average molecular weight is 233 g/mol. The molecule has 0 N–H and O–H groups in total. The zero-order valence-electron chi connectivity index (χ0n) is 7.76. The van der Waals surface area contributed by atoms with Crippen LogP contribution >= 0.6 is 22.2 Å². The van der Waals surface area contributed by atoms with Crippen LogP contribution in [0.1, 0.15) is 12.0 Å². The third-order valence-electron chi connectivity index (χ3n) is 1.92. The first kappa shape index (κ1) is 11.1. The molecule has 0 atom stereocenters. The molecular weight excluding hydrogens is 219 g/mol. The van der Waals surface area contributed by atoms with Crippen molar-refractivity contribution < 1.29 is 0 Å². The second-order valence-corrected chi connectivity index (χ2v) is 11.6. The van der Waals surface area contributed by atoms with Crippen molar-refractivity contribution in [3.8, 4) is 0 Å². The van der Waals surface area contributed by atoms with Gasteiger partial charge in [-0.2, -0.15) is 0 Å². The molecule has 72 valence electrons. The summed E-state index contributed by atoms with van der Waals surface area (Å²) in [5.74, 6) is 0. The maximum atomic E-state index is 6.00. The highest BCUT2D eigenvalue weighted by atomic mass is 35.7. The van der Waals surface area contributed by atoms with E-state index in [9.17, 15) is 0 Å². The Balaban J connectivity index is 2.29. The minimum absolute atomic E-state index is 0.977. The summed E-state index contributed by atoms with van der Waals surface area (Å²) >= 11 is 12.0. The lowest BCUT2D eigenvalue weighted by Crippen LogP contribution is -2.11. The molecule has 0 unspecified atom stereocenters. The van der Waals surface area contributed by atoms with E-state index >= 15 is 0 Å². The van der Waals surface area contributed by atoms with E-state index in [1.54, 1.807) is 0 Å². The number of rotatable bonds is 4. The minimum atomic E-state index is -1.87. The molecule has 0 saturated heterocycles. The molecule has 0 bridgehead atoms. The molecule has 0 amide bonds. The molecule has 0 saturated carbocycles. The van der Waals surface area contributed by atoms with E-state index in [-0.39, 0.29) is 0 Å². The summed E-state index contributed by atoms with van der Waals surface area (Å²) in [5.41, 5.74) is 1.37. The highest BCUT2D eigenvalue weighted by molar-refractivity contribution is 7.44. The van der Waals surface area contributed by atoms with Crippen molar-refractivity contribution in [2.45, 2.75) is 25.4 Å². The van der Waals surface area contributed by atoms with Crippen LogP contribution < -0.4 is 0 Å². The minimum Gasteiger partial charge on any atom is -0.146 e. The normalized spacial score (nSPS) is 11.6. The molecule has 1 aromatic rings. The van der Waals surface area contributed by atoms with Gasteiger partial charge < -0.3 is 0 Å². The third-order valence-corrected chi connectivity index (χ3v) is 4.29. The number of aryl methyl sites for hydroxylation is 1. The quantitative estimate of drug-likeness (QED) is 0.541. The van der Waals surface area contributed by atoms with Crippen LogP contribution in [-0.4, -0.2) is 6.69 Å². The van der Waals surface area contributed by atoms with E-state index in [4.69, 9.17) is 22.2 Å². The van der Waals surface area contributed by atoms with Gasteiger partial charge in [0.2, 0.25) is 6.69 Å². The van der Waals surface area contributed by atoms with Crippen LogP contribution in [0.15, 0.2) is 30.3 Å². The monoisotopic (exact) mass is 232 g/mol. The Morgan fingerprint density at radius 3 is 2.31 bits per heavy atom. The van der Waals surface area contributed by atoms with Crippen molar-refractivity contribution in [2.24, 2.45) is 0 Å². The molecule has 0 radical (unpaired) electrons. The summed E-state index contributed by atoms with van der Waals surface area (Å²) in [6.07, 6.45) is 2.18. The summed E-state index contributed by atoms with van der Waals surface area (Å²) < 4.78 is 0. The first-order chi connectivity index (χ1) is 6.08. The molecule has 0 heterocycles. The topological polar surface area (TPSA) is 0 Å². The molecule has 0 fully saturated rings. The Bertz CT molecular complexity index is 241. The van der Waals surface area contributed by atoms with Crippen molar-refractivity contribution in [1.29, 1.82) is 0 Å². The van der Waals surface area contributed by atoms with E-state index in [1.807, 2.05) is 12.6 Å². The van der Waals surface area contributed by atoms with Gasteiger partial charge in [-0.1, -0.05) is 30.3 Å². The second-order valence-electron chi connectivity index (χ2n) is 3.41. The van der Waals surface area contributed by atoms with Gasteiger partial charge in [-0.05, 0) is 31.0 Å². The van der Waals surface area contributed by atoms with E-state index in [0.29, 0.717) is 0 Å². The summed E-state index contributed by atoms with van der Waals surface area (Å²) in [6.45, 7) is 0.107. The smallest absolute Gasteiger partial charge is 0.146 e. The molecule has 0 spiro atoms. The van der Waals surface area contributed by atoms with Crippen molar-refractivity contribution in [2.75, 3.05) is 0 Å². The molecule has 0 aromatic heterocycles. The van der Waals surface area contributed by atoms with E-state index in [0.717, 1.165) is 18.9 Å². The van der Waals surface area contributed by atoms with Crippen LogP contribution in [0.2, 0.25) is 12.6 Å². The molecule has 0 aliphatic heterocycles. The second kappa shape index (κ2) is 5.04. The maximum Gasteiger partial charge on any atom is 0.248 e. The summed E-state index contributed by atoms with van der Waals surface area (Å²) in [6, 6.07) is 11.4. The Morgan fingerprint density at radius 2 is 1.77 bits per heavy atom. The summed E-state index contributed by atoms with van der Waals surface area (Å²) in [7, 11) is 0. The fourth-order valence-corrected chi connectivity index (χ4v) is 2.85. The van der Waals surface area contributed by atoms with Crippen molar-refractivity contribution in [3.05, 3.63) is 35.9 Å². The molecule has 0 aliphatic rings. The predicted molar refractivity (Wildman–Crippen MR) is 62.9 cm³/mol. The number of halogens is 2. The van der Waals surface area contributed by atoms with Crippen LogP contribution in [0, 0.1) is 0 Å². The van der Waals surface area contributed by atoms with Gasteiger partial charge in [-0.25, -0.2) is 0 Å². The zero-order chi connectivity index (χ0) is 9.73. The zero-order valence-corrected chi connectivity index (χ0v) is 10.3. The van der Waals surface area contributed by atoms with Crippen LogP contribution in [0.3, 0.4) is 0 Å². The lowest BCUT2D eigenvalue weighted by Gasteiger charge is -2.09. The lowest BCUT2D eigenvalue weighted by atomic mass is 10.1. The number of hydrogen-bond donors (Lipinski definition) is 0. The van der Waals surface area contributed by atoms with Crippen molar-refractivity contribution in [3.63, 3.8) is 0 Å². The third kappa shape index (κ3) is 5.35. The van der Waals surface area contributed by atoms with Gasteiger partial charge in [-0.15, -0.1) is 22.2 Å². The fourth-order valence-electron chi connectivity index (χ4n) is 1.25. The highest BCUT2D eigenvalue weighted by Crippen LogP contribution is 2.22. The Labute approximate surface area is 90.3 Å². The first-order valence-electron chi connectivity index (χ1n) is 4.50. The highest BCUT2D eigenvalue weighted by Gasteiger charge is 2.19. The number of hydrogen-bond acceptors (Lipinski definition) is 0. The molecule has 13 heavy (non-hydrogen) atoms. The Kier molecular flexibility index (Phi) is 4.30. The van der Waals surface area contributed by atoms with Gasteiger partial charge in [0, 0.05) is 0 Å². The van der Waals surface area contributed by atoms with Crippen molar-refractivity contribution in [1.82, 2.24) is 0 Å². The Morgan fingerprint density at radius 1 is 1.15 bits per heavy atom. The molecule has 1 rings (SSSR count). The van der Waals surface area contributed by atoms with Crippen LogP contribution in [0.5, 0.6) is 0 Å². The molecule has 1 aromatic carbocycles. The summed E-state index contributed by atoms with van der Waals surface area (Å²) in [4.78, 5) is 0. The number of benzene rings is 1. The Hall–Kier alpha value is 0.0169. The standard InChI is InChI=1S/C10H14Cl2Si/c1-13(11,12)9-5-8-10-6-3-2-4-7-10/h2-4,6-7H,5,8-9H2,1H3. The first-order valence-corrected chi connectivity index (χ1v) is 9.23. The van der Waals surface area contributed by atoms with Gasteiger partial charge >= 0.3 is 0 Å².